The summed E-state index contributed by atoms with van der Waals surface area (Å²) in [6.07, 6.45) is -3.59. The molecule has 12 heteroatoms. The second kappa shape index (κ2) is 14.8. The van der Waals surface area contributed by atoms with E-state index < -0.39 is 88.1 Å². The van der Waals surface area contributed by atoms with Gasteiger partial charge in [0.2, 0.25) is 0 Å². The van der Waals surface area contributed by atoms with E-state index in [-0.39, 0.29) is 36.9 Å². The predicted octanol–water partition coefficient (Wildman–Crippen LogP) is 6.28. The molecule has 56 heavy (non-hydrogen) atoms. The van der Waals surface area contributed by atoms with Gasteiger partial charge in [-0.15, -0.1) is 0 Å². The van der Waals surface area contributed by atoms with Crippen molar-refractivity contribution >= 4 is 18.0 Å². The molecule has 1 amide bonds. The van der Waals surface area contributed by atoms with E-state index in [0.717, 1.165) is 5.57 Å². The number of amides is 1. The van der Waals surface area contributed by atoms with Crippen LogP contribution in [-0.2, 0) is 33.2 Å². The molecule has 13 atom stereocenters. The van der Waals surface area contributed by atoms with Crippen LogP contribution in [0.2, 0.25) is 0 Å². The van der Waals surface area contributed by atoms with Gasteiger partial charge in [-0.05, 0) is 83.2 Å². The second-order valence-electron chi connectivity index (χ2n) is 19.2. The van der Waals surface area contributed by atoms with E-state index in [4.69, 9.17) is 28.4 Å². The van der Waals surface area contributed by atoms with Crippen LogP contribution >= 0.6 is 0 Å². The topological polar surface area (TPSA) is 159 Å². The zero-order valence-electron chi connectivity index (χ0n) is 34.9. The normalized spacial score (nSPS) is 37.5. The van der Waals surface area contributed by atoms with Gasteiger partial charge in [0.25, 0.3) is 0 Å². The summed E-state index contributed by atoms with van der Waals surface area (Å²) in [5.74, 6) is -2.31. The first-order valence-corrected chi connectivity index (χ1v) is 20.1. The van der Waals surface area contributed by atoms with Gasteiger partial charge in [0.15, 0.2) is 12.4 Å². The van der Waals surface area contributed by atoms with Crippen molar-refractivity contribution in [1.29, 1.82) is 0 Å². The highest BCUT2D eigenvalue weighted by molar-refractivity contribution is 5.89. The zero-order chi connectivity index (χ0) is 41.3. The number of aliphatic hydroxyl groups excluding tert-OH is 1. The molecule has 2 heterocycles. The van der Waals surface area contributed by atoms with E-state index in [1.54, 1.807) is 65.0 Å². The lowest BCUT2D eigenvalue weighted by Gasteiger charge is -2.68. The number of nitrogens with one attached hydrogen (secondary N) is 1. The van der Waals surface area contributed by atoms with Gasteiger partial charge in [0.1, 0.15) is 17.8 Å². The largest absolute Gasteiger partial charge is 0.457 e. The summed E-state index contributed by atoms with van der Waals surface area (Å²) in [5, 5.41) is 26.9. The second-order valence-corrected chi connectivity index (χ2v) is 19.2. The van der Waals surface area contributed by atoms with Gasteiger partial charge >= 0.3 is 18.0 Å². The molecule has 3 N–H and O–H groups in total. The smallest absolute Gasteiger partial charge is 0.407 e. The summed E-state index contributed by atoms with van der Waals surface area (Å²) in [7, 11) is 0. The quantitative estimate of drug-likeness (QED) is 0.139. The lowest BCUT2D eigenvalue weighted by atomic mass is 9.46. The Balaban J connectivity index is 1.48. The first-order chi connectivity index (χ1) is 26.0. The average Bonchev–Trinajstić information content (AvgIpc) is 3.36. The summed E-state index contributed by atoms with van der Waals surface area (Å²) < 4.78 is 38.3. The van der Waals surface area contributed by atoms with Crippen molar-refractivity contribution in [3.05, 3.63) is 59.7 Å². The molecule has 4 fully saturated rings. The number of esters is 2. The third-order valence-electron chi connectivity index (χ3n) is 13.5. The van der Waals surface area contributed by atoms with Crippen molar-refractivity contribution in [3.63, 3.8) is 0 Å². The van der Waals surface area contributed by atoms with Gasteiger partial charge in [-0.2, -0.15) is 0 Å². The lowest BCUT2D eigenvalue weighted by molar-refractivity contribution is -0.373. The first-order valence-electron chi connectivity index (χ1n) is 20.1. The number of carbonyl (C=O) groups is 3. The van der Waals surface area contributed by atoms with Crippen LogP contribution in [0.4, 0.5) is 4.79 Å². The van der Waals surface area contributed by atoms with E-state index in [0.29, 0.717) is 24.2 Å². The number of fused-ring (bicyclic) bond motifs is 3. The maximum Gasteiger partial charge on any atom is 0.407 e. The highest BCUT2D eigenvalue weighted by Gasteiger charge is 2.77. The van der Waals surface area contributed by atoms with Crippen molar-refractivity contribution in [2.45, 2.75) is 156 Å². The van der Waals surface area contributed by atoms with Crippen LogP contribution < -0.4 is 5.32 Å². The molecule has 2 unspecified atom stereocenters. The van der Waals surface area contributed by atoms with Crippen molar-refractivity contribution < 1.29 is 53.0 Å². The molecule has 6 rings (SSSR count). The summed E-state index contributed by atoms with van der Waals surface area (Å²) in [6, 6.07) is 7.78. The Labute approximate surface area is 331 Å². The lowest BCUT2D eigenvalue weighted by Crippen LogP contribution is -2.75. The number of benzene rings is 1. The molecule has 3 aliphatic carbocycles. The molecule has 310 valence electrons. The fraction of sp³-hybridized carbons (Fsp3) is 0.705. The van der Waals surface area contributed by atoms with E-state index in [2.05, 4.69) is 32.7 Å². The SMILES string of the molecule is C=CC1O[C@H]2C[C@H]3OC[C@@]3(C)[C@H]3[C@H](OC(=O)c4ccccc4)[C@]4(C(C)(C)O)CC(OC(=O)[C@H](O)[C@H](CC(C)C)NC(=O)OC(C)(C)C)C(C)=C4[C@H](C)[C@H](O1)[C@]23C. The molecule has 5 aliphatic rings. The first kappa shape index (κ1) is 42.3. The summed E-state index contributed by atoms with van der Waals surface area (Å²) in [4.78, 5) is 41.3. The van der Waals surface area contributed by atoms with Crippen LogP contribution in [0.1, 0.15) is 106 Å². The molecule has 0 radical (unpaired) electrons. The van der Waals surface area contributed by atoms with Gasteiger partial charge in [0, 0.05) is 35.5 Å². The van der Waals surface area contributed by atoms with Crippen LogP contribution in [0.25, 0.3) is 0 Å². The predicted molar refractivity (Wildman–Crippen MR) is 207 cm³/mol. The standard InChI is InChI=1S/C44H63NO11/c1-13-31-53-30-20-29-42(11,22-51-29)34-36(55-37(47)26-17-15-14-16-18-26)44(41(9,10)50)21-28(24(4)32(44)25(5)35(54-31)43(30,34)12)52-38(48)33(46)27(19-23(2)3)45-39(49)56-40(6,7)8/h13-18,23,25,27-31,33-36,46,50H,1,19-22H2,2-12H3,(H,45,49)/t25-,27-,28?,29+,30-,31?,33+,34+,35-,36-,42+,43+,44-/m0/s1. The number of carbonyl (C=O) groups excluding carboxylic acids is 3. The fourth-order valence-corrected chi connectivity index (χ4v) is 11.1. The van der Waals surface area contributed by atoms with E-state index in [1.807, 2.05) is 26.8 Å². The van der Waals surface area contributed by atoms with Gasteiger partial charge in [-0.1, -0.05) is 59.4 Å². The van der Waals surface area contributed by atoms with Crippen molar-refractivity contribution in [2.24, 2.45) is 34.0 Å². The van der Waals surface area contributed by atoms with Crippen molar-refractivity contribution in [2.75, 3.05) is 6.61 Å². The average molecular weight is 782 g/mol. The number of alkyl carbamates (subject to hydrolysis) is 1. The van der Waals surface area contributed by atoms with Gasteiger partial charge in [-0.25, -0.2) is 14.4 Å². The van der Waals surface area contributed by atoms with Gasteiger partial charge in [0.05, 0.1) is 47.5 Å². The van der Waals surface area contributed by atoms with Crippen LogP contribution in [-0.4, -0.2) is 95.0 Å². The molecule has 0 aromatic heterocycles. The Bertz CT molecular complexity index is 1710. The Morgan fingerprint density at radius 2 is 1.71 bits per heavy atom. The minimum absolute atomic E-state index is 0.00637. The minimum Gasteiger partial charge on any atom is -0.457 e. The molecule has 1 aromatic rings. The third kappa shape index (κ3) is 7.01. The maximum absolute atomic E-state index is 14.4. The summed E-state index contributed by atoms with van der Waals surface area (Å²) >= 11 is 0. The molecule has 12 nitrogen and oxygen atoms in total. The summed E-state index contributed by atoms with van der Waals surface area (Å²) in [5.41, 5.74) is -3.09. The Kier molecular flexibility index (Phi) is 11.2. The van der Waals surface area contributed by atoms with Crippen molar-refractivity contribution in [1.82, 2.24) is 5.32 Å². The van der Waals surface area contributed by atoms with Crippen LogP contribution in [0.15, 0.2) is 54.1 Å². The van der Waals surface area contributed by atoms with E-state index >= 15 is 0 Å². The Morgan fingerprint density at radius 1 is 1.05 bits per heavy atom. The molecular formula is C44H63NO11. The van der Waals surface area contributed by atoms with E-state index in [1.165, 1.54) is 0 Å². The molecule has 2 aliphatic heterocycles. The summed E-state index contributed by atoms with van der Waals surface area (Å²) in [6.45, 7) is 25.1. The third-order valence-corrected chi connectivity index (χ3v) is 13.5. The van der Waals surface area contributed by atoms with Crippen LogP contribution in [0.5, 0.6) is 0 Å². The highest BCUT2D eigenvalue weighted by atomic mass is 16.7. The molecular weight excluding hydrogens is 718 g/mol. The Hall–Kier alpha value is -3.29. The maximum atomic E-state index is 14.4. The highest BCUT2D eigenvalue weighted by Crippen LogP contribution is 2.71. The zero-order valence-corrected chi connectivity index (χ0v) is 34.9. The number of ether oxygens (including phenoxy) is 6. The molecule has 1 aromatic carbocycles. The number of hydrogen-bond donors (Lipinski definition) is 3. The molecule has 2 saturated heterocycles. The van der Waals surface area contributed by atoms with Crippen LogP contribution in [0, 0.1) is 34.0 Å². The molecule has 0 spiro atoms. The van der Waals surface area contributed by atoms with Crippen molar-refractivity contribution in [3.8, 4) is 0 Å². The fourth-order valence-electron chi connectivity index (χ4n) is 11.1. The monoisotopic (exact) mass is 781 g/mol. The number of rotatable bonds is 10. The number of hydrogen-bond acceptors (Lipinski definition) is 11. The van der Waals surface area contributed by atoms with Crippen LogP contribution in [0.3, 0.4) is 0 Å². The van der Waals surface area contributed by atoms with E-state index in [9.17, 15) is 24.6 Å². The Morgan fingerprint density at radius 3 is 2.27 bits per heavy atom. The molecule has 2 saturated carbocycles. The van der Waals surface area contributed by atoms with Gasteiger partial charge < -0.3 is 44.0 Å². The minimum atomic E-state index is -1.73. The molecule has 0 bridgehead atoms. The van der Waals surface area contributed by atoms with Gasteiger partial charge in [-0.3, -0.25) is 0 Å². The number of aliphatic hydroxyl groups is 2.